The maximum Gasteiger partial charge on any atom is 0.320 e. The first kappa shape index (κ1) is 22.5. The van der Waals surface area contributed by atoms with Crippen LogP contribution in [0, 0.1) is 29.9 Å². The Bertz CT molecular complexity index is 1340. The van der Waals surface area contributed by atoms with Crippen molar-refractivity contribution in [3.63, 3.8) is 0 Å². The fraction of sp³-hybridized carbons (Fsp3) is 0.409. The number of rotatable bonds is 5. The highest BCUT2D eigenvalue weighted by Crippen LogP contribution is 2.47. The molecule has 10 nitrogen and oxygen atoms in total. The van der Waals surface area contributed by atoms with Gasteiger partial charge in [0.05, 0.1) is 42.8 Å². The van der Waals surface area contributed by atoms with E-state index in [9.17, 15) is 14.9 Å². The van der Waals surface area contributed by atoms with E-state index in [1.807, 2.05) is 26.3 Å². The van der Waals surface area contributed by atoms with Gasteiger partial charge in [0.25, 0.3) is 0 Å². The minimum atomic E-state index is -0.563. The van der Waals surface area contributed by atoms with Crippen LogP contribution in [0.2, 0.25) is 0 Å². The molecule has 4 heterocycles. The number of thiazole rings is 2. The van der Waals surface area contributed by atoms with Crippen LogP contribution in [0.5, 0.6) is 0 Å². The van der Waals surface area contributed by atoms with Crippen LogP contribution in [0.1, 0.15) is 63.9 Å². The average Bonchev–Trinajstić information content (AvgIpc) is 3.59. The second-order valence-corrected chi connectivity index (χ2v) is 10.1. The van der Waals surface area contributed by atoms with Crippen molar-refractivity contribution in [2.75, 3.05) is 0 Å². The molecule has 34 heavy (non-hydrogen) atoms. The molecule has 1 aliphatic carbocycles. The molecule has 1 aliphatic heterocycles. The second kappa shape index (κ2) is 8.84. The summed E-state index contributed by atoms with van der Waals surface area (Å²) in [5.74, 6) is -0.574. The van der Waals surface area contributed by atoms with Gasteiger partial charge in [-0.05, 0) is 51.7 Å². The van der Waals surface area contributed by atoms with E-state index in [4.69, 9.17) is 5.10 Å². The zero-order valence-electron chi connectivity index (χ0n) is 19.0. The lowest BCUT2D eigenvalue weighted by Crippen LogP contribution is -2.32. The highest BCUT2D eigenvalue weighted by atomic mass is 32.1. The van der Waals surface area contributed by atoms with E-state index in [-0.39, 0.29) is 23.3 Å². The minimum Gasteiger partial charge on any atom is -0.265 e. The van der Waals surface area contributed by atoms with Gasteiger partial charge in [-0.25, -0.2) is 15.0 Å². The molecule has 2 aliphatic rings. The highest BCUT2D eigenvalue weighted by Gasteiger charge is 2.47. The van der Waals surface area contributed by atoms with Crippen molar-refractivity contribution in [2.24, 2.45) is 11.0 Å². The fourth-order valence-corrected chi connectivity index (χ4v) is 6.30. The van der Waals surface area contributed by atoms with Crippen molar-refractivity contribution < 1.29 is 9.72 Å². The number of allylic oxidation sites excluding steroid dienone is 1. The first-order valence-electron chi connectivity index (χ1n) is 11.0. The average molecular weight is 498 g/mol. The molecule has 176 valence electrons. The van der Waals surface area contributed by atoms with E-state index in [0.29, 0.717) is 6.54 Å². The van der Waals surface area contributed by atoms with Gasteiger partial charge in [0.1, 0.15) is 12.2 Å². The summed E-state index contributed by atoms with van der Waals surface area (Å²) < 4.78 is 1.41. The molecule has 0 saturated heterocycles. The van der Waals surface area contributed by atoms with E-state index < -0.39 is 10.8 Å². The molecule has 0 aromatic carbocycles. The predicted molar refractivity (Wildman–Crippen MR) is 130 cm³/mol. The maximum absolute atomic E-state index is 13.7. The summed E-state index contributed by atoms with van der Waals surface area (Å²) in [5, 5.41) is 22.1. The van der Waals surface area contributed by atoms with Gasteiger partial charge in [-0.2, -0.15) is 10.2 Å². The van der Waals surface area contributed by atoms with Crippen LogP contribution in [-0.4, -0.2) is 41.3 Å². The normalized spacial score (nSPS) is 21.1. The zero-order valence-corrected chi connectivity index (χ0v) is 20.6. The summed E-state index contributed by atoms with van der Waals surface area (Å²) >= 11 is 3.06. The van der Waals surface area contributed by atoms with Gasteiger partial charge < -0.3 is 0 Å². The van der Waals surface area contributed by atoms with Crippen LogP contribution in [0.4, 0.5) is 5.69 Å². The molecule has 3 aromatic heterocycles. The quantitative estimate of drug-likeness (QED) is 0.370. The smallest absolute Gasteiger partial charge is 0.265 e. The number of nitrogens with zero attached hydrogens (tertiary/aromatic N) is 7. The molecule has 0 N–H and O–H groups in total. The number of amides is 1. The lowest BCUT2D eigenvalue weighted by Gasteiger charge is -2.28. The number of hydrazone groups is 1. The number of nitro groups is 1. The van der Waals surface area contributed by atoms with E-state index in [1.54, 1.807) is 16.8 Å². The molecule has 0 bridgehead atoms. The lowest BCUT2D eigenvalue weighted by molar-refractivity contribution is -0.385. The Morgan fingerprint density at radius 3 is 2.68 bits per heavy atom. The van der Waals surface area contributed by atoms with E-state index in [2.05, 4.69) is 21.1 Å². The minimum absolute atomic E-state index is 0.0105. The maximum atomic E-state index is 13.7. The topological polar surface area (TPSA) is 119 Å². The molecule has 0 radical (unpaired) electrons. The third-order valence-corrected chi connectivity index (χ3v) is 8.19. The van der Waals surface area contributed by atoms with Crippen LogP contribution in [0.25, 0.3) is 6.08 Å². The summed E-state index contributed by atoms with van der Waals surface area (Å²) in [6, 6.07) is -0.368. The van der Waals surface area contributed by atoms with Crippen molar-refractivity contribution in [2.45, 2.75) is 52.6 Å². The Morgan fingerprint density at radius 1 is 1.26 bits per heavy atom. The van der Waals surface area contributed by atoms with Gasteiger partial charge >= 0.3 is 11.6 Å². The van der Waals surface area contributed by atoms with Crippen LogP contribution < -0.4 is 0 Å². The number of hydrogen-bond acceptors (Lipinski definition) is 9. The molecule has 0 spiro atoms. The lowest BCUT2D eigenvalue weighted by atomic mass is 9.79. The summed E-state index contributed by atoms with van der Waals surface area (Å²) in [6.45, 7) is 6.13. The van der Waals surface area contributed by atoms with Gasteiger partial charge in [-0.3, -0.25) is 19.6 Å². The van der Waals surface area contributed by atoms with Crippen LogP contribution in [0.15, 0.2) is 27.9 Å². The van der Waals surface area contributed by atoms with Crippen LogP contribution in [-0.2, 0) is 6.54 Å². The first-order valence-corrected chi connectivity index (χ1v) is 12.8. The van der Waals surface area contributed by atoms with E-state index in [1.165, 1.54) is 27.2 Å². The van der Waals surface area contributed by atoms with Crippen molar-refractivity contribution in [3.05, 3.63) is 59.7 Å². The third-order valence-electron chi connectivity index (χ3n) is 6.31. The summed E-state index contributed by atoms with van der Waals surface area (Å²) in [5.41, 5.74) is 6.83. The summed E-state index contributed by atoms with van der Waals surface area (Å²) in [6.07, 6.45) is 6.11. The monoisotopic (exact) mass is 497 g/mol. The number of aromatic nitrogens is 4. The number of carbonyl (C=O) groups is 1. The number of fused-ring (bicyclic) bond motifs is 1. The van der Waals surface area contributed by atoms with Crippen LogP contribution in [0.3, 0.4) is 0 Å². The number of aryl methyl sites for hydroxylation is 3. The van der Waals surface area contributed by atoms with Crippen molar-refractivity contribution in [1.29, 1.82) is 0 Å². The van der Waals surface area contributed by atoms with E-state index >= 15 is 0 Å². The number of carbonyl (C=O) groups excluding carboxylic acids is 1. The zero-order chi connectivity index (χ0) is 24.0. The van der Waals surface area contributed by atoms with Crippen molar-refractivity contribution >= 4 is 46.1 Å². The largest absolute Gasteiger partial charge is 0.320 e. The van der Waals surface area contributed by atoms with Crippen molar-refractivity contribution in [1.82, 2.24) is 24.8 Å². The first-order chi connectivity index (χ1) is 16.4. The van der Waals surface area contributed by atoms with Gasteiger partial charge in [0.2, 0.25) is 5.69 Å². The Morgan fingerprint density at radius 2 is 2.03 bits per heavy atom. The molecule has 1 fully saturated rings. The third kappa shape index (κ3) is 3.76. The van der Waals surface area contributed by atoms with Gasteiger partial charge in [0, 0.05) is 12.5 Å². The molecule has 1 saturated carbocycles. The van der Waals surface area contributed by atoms with E-state index in [0.717, 1.165) is 51.7 Å². The predicted octanol–water partition coefficient (Wildman–Crippen LogP) is 4.78. The Labute approximate surface area is 203 Å². The van der Waals surface area contributed by atoms with Gasteiger partial charge in [0.15, 0.2) is 0 Å². The number of hydrogen-bond donors (Lipinski definition) is 0. The molecule has 0 unspecified atom stereocenters. The molecular formula is C22H23N7O3S2. The Balaban J connectivity index is 1.62. The Kier molecular flexibility index (Phi) is 5.86. The summed E-state index contributed by atoms with van der Waals surface area (Å²) in [7, 11) is 0. The fourth-order valence-electron chi connectivity index (χ4n) is 4.59. The van der Waals surface area contributed by atoms with Gasteiger partial charge in [-0.1, -0.05) is 0 Å². The van der Waals surface area contributed by atoms with Crippen LogP contribution >= 0.6 is 22.7 Å². The molecule has 2 atom stereocenters. The highest BCUT2D eigenvalue weighted by molar-refractivity contribution is 7.10. The molecular weight excluding hydrogens is 474 g/mol. The SMILES string of the molecule is CCn1cc([N+](=O)[O-])c(C(=O)N2N=C3/C(=C\c4scnc4C)CCC[C@@H]3[C@H]2c2scnc2C)n1. The van der Waals surface area contributed by atoms with Crippen molar-refractivity contribution in [3.8, 4) is 0 Å². The second-order valence-electron chi connectivity index (χ2n) is 8.33. The van der Waals surface area contributed by atoms with Gasteiger partial charge in [-0.15, -0.1) is 22.7 Å². The standard InChI is InChI=1S/C22H23N7O3S2/c1-4-27-9-16(29(31)32)19(25-27)22(30)28-20(21-13(3)24-11-34-21)15-7-5-6-14(18(15)26-28)8-17-12(2)23-10-33-17/h8-11,15,20H,4-7H2,1-3H3/b14-8-/t15-,20-/m0/s1. The molecule has 5 rings (SSSR count). The Hall–Kier alpha value is -3.25. The molecule has 1 amide bonds. The molecule has 3 aromatic rings. The molecule has 12 heteroatoms. The summed E-state index contributed by atoms with van der Waals surface area (Å²) in [4.78, 5) is 35.6.